The lowest BCUT2D eigenvalue weighted by Crippen LogP contribution is -2.07. The van der Waals surface area contributed by atoms with Gasteiger partial charge in [-0.2, -0.15) is 0 Å². The lowest BCUT2D eigenvalue weighted by Gasteiger charge is -2.11. The monoisotopic (exact) mass is 288 g/mol. The third-order valence-corrected chi connectivity index (χ3v) is 4.58. The fourth-order valence-electron chi connectivity index (χ4n) is 1.94. The van der Waals surface area contributed by atoms with Crippen LogP contribution in [-0.4, -0.2) is 14.2 Å². The highest BCUT2D eigenvalue weighted by atomic mass is 32.2. The van der Waals surface area contributed by atoms with E-state index in [-0.39, 0.29) is 10.6 Å². The van der Waals surface area contributed by atoms with Crippen molar-refractivity contribution in [1.82, 2.24) is 0 Å². The van der Waals surface area contributed by atoms with E-state index in [0.717, 1.165) is 5.56 Å². The van der Waals surface area contributed by atoms with E-state index in [9.17, 15) is 8.42 Å². The number of rotatable bonds is 4. The summed E-state index contributed by atoms with van der Waals surface area (Å²) in [6.07, 6.45) is 1.37. The molecule has 0 saturated carbocycles. The third kappa shape index (κ3) is 2.83. The summed E-state index contributed by atoms with van der Waals surface area (Å²) in [6, 6.07) is 11.9. The Balaban J connectivity index is 2.65. The fourth-order valence-corrected chi connectivity index (χ4v) is 3.27. The average Bonchev–Trinajstić information content (AvgIpc) is 2.40. The molecule has 0 radical (unpaired) electrons. The van der Waals surface area contributed by atoms with Gasteiger partial charge in [0.15, 0.2) is 9.84 Å². The van der Waals surface area contributed by atoms with E-state index >= 15 is 0 Å². The van der Waals surface area contributed by atoms with Crippen LogP contribution in [-0.2, 0) is 9.84 Å². The van der Waals surface area contributed by atoms with Gasteiger partial charge in [-0.25, -0.2) is 8.42 Å². The minimum atomic E-state index is -3.45. The smallest absolute Gasteiger partial charge is 0.182 e. The van der Waals surface area contributed by atoms with Gasteiger partial charge in [-0.3, -0.25) is 0 Å². The van der Waals surface area contributed by atoms with E-state index in [0.29, 0.717) is 16.9 Å². The van der Waals surface area contributed by atoms with Crippen LogP contribution in [0.2, 0.25) is 0 Å². The molecule has 4 N–H and O–H groups in total. The van der Waals surface area contributed by atoms with Gasteiger partial charge < -0.3 is 11.5 Å². The summed E-state index contributed by atoms with van der Waals surface area (Å²) in [5, 5.41) is 0. The van der Waals surface area contributed by atoms with E-state index in [1.807, 2.05) is 0 Å². The molecule has 0 unspecified atom stereocenters. The Morgan fingerprint density at radius 3 is 2.20 bits per heavy atom. The van der Waals surface area contributed by atoms with Crippen molar-refractivity contribution in [3.63, 3.8) is 0 Å². The van der Waals surface area contributed by atoms with Crippen molar-refractivity contribution in [3.8, 4) is 11.1 Å². The largest absolute Gasteiger partial charge is 0.399 e. The molecule has 0 aliphatic heterocycles. The summed E-state index contributed by atoms with van der Waals surface area (Å²) in [7, 11) is -3.45. The molecular weight excluding hydrogens is 272 g/mol. The highest BCUT2D eigenvalue weighted by Gasteiger charge is 2.18. The Morgan fingerprint density at radius 1 is 1.00 bits per heavy atom. The van der Waals surface area contributed by atoms with Gasteiger partial charge in [0.05, 0.1) is 10.6 Å². The average molecular weight is 288 g/mol. The summed E-state index contributed by atoms with van der Waals surface area (Å²) < 4.78 is 24.6. The van der Waals surface area contributed by atoms with Crippen molar-refractivity contribution >= 4 is 21.2 Å². The summed E-state index contributed by atoms with van der Waals surface area (Å²) in [4.78, 5) is 0.210. The lowest BCUT2D eigenvalue weighted by molar-refractivity contribution is 0.599. The van der Waals surface area contributed by atoms with Crippen LogP contribution in [0.3, 0.4) is 0 Å². The van der Waals surface area contributed by atoms with Crippen LogP contribution in [0.5, 0.6) is 0 Å². The van der Waals surface area contributed by atoms with E-state index in [2.05, 4.69) is 6.58 Å². The summed E-state index contributed by atoms with van der Waals surface area (Å²) in [5.74, 6) is -0.127. The highest BCUT2D eigenvalue weighted by molar-refractivity contribution is 7.91. The van der Waals surface area contributed by atoms with Crippen molar-refractivity contribution in [2.75, 3.05) is 17.2 Å². The quantitative estimate of drug-likeness (QED) is 0.668. The highest BCUT2D eigenvalue weighted by Crippen LogP contribution is 2.30. The molecule has 0 saturated heterocycles. The Bertz CT molecular complexity index is 735. The maximum absolute atomic E-state index is 12.3. The van der Waals surface area contributed by atoms with Crippen LogP contribution in [0.4, 0.5) is 11.4 Å². The maximum atomic E-state index is 12.3. The molecule has 2 aromatic rings. The molecule has 0 bridgehead atoms. The molecule has 0 aromatic heterocycles. The topological polar surface area (TPSA) is 86.2 Å². The number of benzene rings is 2. The minimum absolute atomic E-state index is 0.127. The van der Waals surface area contributed by atoms with Gasteiger partial charge in [-0.1, -0.05) is 24.3 Å². The predicted molar refractivity (Wildman–Crippen MR) is 83.0 cm³/mol. The Kier molecular flexibility index (Phi) is 3.81. The molecule has 2 aromatic carbocycles. The first-order valence-corrected chi connectivity index (χ1v) is 7.68. The van der Waals surface area contributed by atoms with Crippen molar-refractivity contribution < 1.29 is 8.42 Å². The molecule has 2 rings (SSSR count). The first kappa shape index (κ1) is 14.1. The van der Waals surface area contributed by atoms with Crippen LogP contribution < -0.4 is 11.5 Å². The number of nitrogens with two attached hydrogens (primary N) is 2. The molecule has 0 spiro atoms. The molecular formula is C15H16N2O2S. The Hall–Kier alpha value is -2.27. The number of anilines is 2. The van der Waals surface area contributed by atoms with Gasteiger partial charge in [-0.15, -0.1) is 6.58 Å². The van der Waals surface area contributed by atoms with Crippen LogP contribution in [0.15, 0.2) is 60.0 Å². The van der Waals surface area contributed by atoms with Crippen molar-refractivity contribution in [3.05, 3.63) is 55.1 Å². The number of nitrogen functional groups attached to an aromatic ring is 2. The minimum Gasteiger partial charge on any atom is -0.399 e. The SMILES string of the molecule is C=CCS(=O)(=O)c1cc(N)ccc1-c1ccc(N)cc1. The molecule has 0 amide bonds. The van der Waals surface area contributed by atoms with E-state index in [4.69, 9.17) is 11.5 Å². The summed E-state index contributed by atoms with van der Waals surface area (Å²) in [6.45, 7) is 3.48. The standard InChI is InChI=1S/C15H16N2O2S/c1-2-9-20(18,19)15-10-13(17)7-8-14(15)11-3-5-12(16)6-4-11/h2-8,10H,1,9,16-17H2. The molecule has 20 heavy (non-hydrogen) atoms. The lowest BCUT2D eigenvalue weighted by atomic mass is 10.1. The third-order valence-electron chi connectivity index (χ3n) is 2.90. The second-order valence-electron chi connectivity index (χ2n) is 4.45. The van der Waals surface area contributed by atoms with Crippen LogP contribution in [0.25, 0.3) is 11.1 Å². The summed E-state index contributed by atoms with van der Waals surface area (Å²) in [5.41, 5.74) is 13.8. The van der Waals surface area contributed by atoms with Gasteiger partial charge in [0.25, 0.3) is 0 Å². The molecule has 104 valence electrons. The van der Waals surface area contributed by atoms with Crippen LogP contribution in [0, 0.1) is 0 Å². The van der Waals surface area contributed by atoms with Gasteiger partial charge in [0.1, 0.15) is 0 Å². The van der Waals surface area contributed by atoms with E-state index < -0.39 is 9.84 Å². The molecule has 0 heterocycles. The number of hydrogen-bond donors (Lipinski definition) is 2. The second-order valence-corrected chi connectivity index (χ2v) is 6.45. The zero-order chi connectivity index (χ0) is 14.8. The zero-order valence-corrected chi connectivity index (χ0v) is 11.7. The van der Waals surface area contributed by atoms with Crippen molar-refractivity contribution in [2.45, 2.75) is 4.90 Å². The van der Waals surface area contributed by atoms with Gasteiger partial charge in [-0.05, 0) is 29.8 Å². The van der Waals surface area contributed by atoms with Gasteiger partial charge in [0.2, 0.25) is 0 Å². The van der Waals surface area contributed by atoms with E-state index in [1.165, 1.54) is 12.1 Å². The zero-order valence-electron chi connectivity index (χ0n) is 10.9. The number of sulfone groups is 1. The molecule has 4 nitrogen and oxygen atoms in total. The van der Waals surface area contributed by atoms with Crippen LogP contribution in [0.1, 0.15) is 0 Å². The Labute approximate surface area is 118 Å². The molecule has 5 heteroatoms. The second kappa shape index (κ2) is 5.38. The van der Waals surface area contributed by atoms with Crippen molar-refractivity contribution in [2.24, 2.45) is 0 Å². The number of hydrogen-bond acceptors (Lipinski definition) is 4. The van der Waals surface area contributed by atoms with Gasteiger partial charge in [0, 0.05) is 16.9 Å². The normalized spacial score (nSPS) is 11.2. The first-order chi connectivity index (χ1) is 9.44. The first-order valence-electron chi connectivity index (χ1n) is 6.03. The molecule has 0 aliphatic rings. The maximum Gasteiger partial charge on any atom is 0.182 e. The van der Waals surface area contributed by atoms with Crippen molar-refractivity contribution in [1.29, 1.82) is 0 Å². The van der Waals surface area contributed by atoms with Gasteiger partial charge >= 0.3 is 0 Å². The molecule has 0 aliphatic carbocycles. The summed E-state index contributed by atoms with van der Waals surface area (Å²) >= 11 is 0. The Morgan fingerprint density at radius 2 is 1.60 bits per heavy atom. The van der Waals surface area contributed by atoms with E-state index in [1.54, 1.807) is 36.4 Å². The predicted octanol–water partition coefficient (Wildman–Crippen LogP) is 2.48. The molecule has 0 atom stereocenters. The fraction of sp³-hybridized carbons (Fsp3) is 0.0667. The molecule has 0 fully saturated rings. The van der Waals surface area contributed by atoms with Crippen LogP contribution >= 0.6 is 0 Å².